The van der Waals surface area contributed by atoms with E-state index in [1.54, 1.807) is 50.5 Å². The van der Waals surface area contributed by atoms with E-state index < -0.39 is 10.0 Å². The van der Waals surface area contributed by atoms with Crippen LogP contribution in [-0.2, 0) is 10.0 Å². The van der Waals surface area contributed by atoms with E-state index in [1.807, 2.05) is 24.3 Å². The normalized spacial score (nSPS) is 11.4. The fraction of sp³-hybridized carbons (Fsp3) is 0.0952. The van der Waals surface area contributed by atoms with Crippen LogP contribution in [0.25, 0.3) is 22.3 Å². The zero-order valence-corrected chi connectivity index (χ0v) is 16.6. The molecule has 2 aromatic heterocycles. The number of sulfonamides is 1. The van der Waals surface area contributed by atoms with Gasteiger partial charge in [0.15, 0.2) is 0 Å². The van der Waals surface area contributed by atoms with E-state index in [0.29, 0.717) is 16.8 Å². The van der Waals surface area contributed by atoms with Crippen LogP contribution in [0.3, 0.4) is 0 Å². The molecule has 4 aromatic rings. The average molecular weight is 406 g/mol. The zero-order valence-electron chi connectivity index (χ0n) is 15.8. The topological polar surface area (TPSA) is 98.0 Å². The molecule has 0 aliphatic heterocycles. The molecule has 0 radical (unpaired) electrons. The molecule has 29 heavy (non-hydrogen) atoms. The van der Waals surface area contributed by atoms with Crippen LogP contribution in [0.5, 0.6) is 0 Å². The van der Waals surface area contributed by atoms with Gasteiger partial charge < -0.3 is 4.52 Å². The van der Waals surface area contributed by atoms with Crippen molar-refractivity contribution in [2.75, 3.05) is 4.72 Å². The molecular weight excluding hydrogens is 388 g/mol. The highest BCUT2D eigenvalue weighted by atomic mass is 32.2. The third kappa shape index (κ3) is 3.74. The Bertz CT molecular complexity index is 1250. The Morgan fingerprint density at radius 2 is 1.52 bits per heavy atom. The van der Waals surface area contributed by atoms with Gasteiger partial charge in [-0.3, -0.25) is 0 Å². The van der Waals surface area contributed by atoms with Gasteiger partial charge in [-0.1, -0.05) is 47.6 Å². The molecule has 0 atom stereocenters. The van der Waals surface area contributed by atoms with Crippen LogP contribution in [0.15, 0.2) is 76.7 Å². The second kappa shape index (κ2) is 7.48. The van der Waals surface area contributed by atoms with E-state index in [2.05, 4.69) is 19.8 Å². The number of aromatic nitrogens is 3. The van der Waals surface area contributed by atoms with E-state index in [1.165, 1.54) is 6.33 Å². The molecule has 2 aromatic carbocycles. The average Bonchev–Trinajstić information content (AvgIpc) is 3.06. The lowest BCUT2D eigenvalue weighted by atomic mass is 10.0. The van der Waals surface area contributed by atoms with E-state index in [0.717, 1.165) is 16.7 Å². The highest BCUT2D eigenvalue weighted by Crippen LogP contribution is 2.31. The smallest absolute Gasteiger partial charge is 0.264 e. The summed E-state index contributed by atoms with van der Waals surface area (Å²) in [7, 11) is -3.87. The lowest BCUT2D eigenvalue weighted by Crippen LogP contribution is -2.14. The molecule has 0 saturated heterocycles. The maximum absolute atomic E-state index is 13.0. The lowest BCUT2D eigenvalue weighted by molar-refractivity contribution is 0.430. The van der Waals surface area contributed by atoms with E-state index in [9.17, 15) is 8.42 Å². The molecule has 7 nitrogen and oxygen atoms in total. The van der Waals surface area contributed by atoms with Gasteiger partial charge in [0.05, 0.1) is 10.6 Å². The van der Waals surface area contributed by atoms with Crippen molar-refractivity contribution in [3.8, 4) is 22.3 Å². The van der Waals surface area contributed by atoms with Crippen molar-refractivity contribution in [2.45, 2.75) is 18.7 Å². The van der Waals surface area contributed by atoms with Crippen molar-refractivity contribution in [3.63, 3.8) is 0 Å². The van der Waals surface area contributed by atoms with Crippen LogP contribution in [0.1, 0.15) is 11.3 Å². The third-order valence-electron chi connectivity index (χ3n) is 4.65. The molecule has 0 aliphatic rings. The zero-order chi connectivity index (χ0) is 20.4. The Morgan fingerprint density at radius 1 is 0.862 bits per heavy atom. The largest absolute Gasteiger partial charge is 0.337 e. The van der Waals surface area contributed by atoms with Gasteiger partial charge in [0, 0.05) is 29.1 Å². The maximum atomic E-state index is 13.0. The minimum absolute atomic E-state index is 0.122. The summed E-state index contributed by atoms with van der Waals surface area (Å²) in [5.74, 6) is 0.122. The van der Waals surface area contributed by atoms with Crippen molar-refractivity contribution >= 4 is 15.9 Å². The molecule has 2 heterocycles. The number of anilines is 1. The van der Waals surface area contributed by atoms with Crippen molar-refractivity contribution in [1.82, 2.24) is 15.1 Å². The van der Waals surface area contributed by atoms with Crippen LogP contribution < -0.4 is 4.72 Å². The first-order valence-electron chi connectivity index (χ1n) is 8.86. The molecule has 0 bridgehead atoms. The predicted molar refractivity (Wildman–Crippen MR) is 110 cm³/mol. The number of benzene rings is 2. The Morgan fingerprint density at radius 3 is 2.17 bits per heavy atom. The quantitative estimate of drug-likeness (QED) is 0.533. The summed E-state index contributed by atoms with van der Waals surface area (Å²) in [6.45, 7) is 3.51. The number of nitrogens with zero attached hydrogens (tertiary/aromatic N) is 3. The van der Waals surface area contributed by atoms with Crippen molar-refractivity contribution in [3.05, 3.63) is 78.5 Å². The summed E-state index contributed by atoms with van der Waals surface area (Å²) in [4.78, 5) is 8.20. The lowest BCUT2D eigenvalue weighted by Gasteiger charge is -2.12. The summed E-state index contributed by atoms with van der Waals surface area (Å²) in [6, 6.07) is 14.4. The van der Waals surface area contributed by atoms with Gasteiger partial charge in [-0.05, 0) is 31.0 Å². The molecular formula is C21H18N4O3S. The van der Waals surface area contributed by atoms with Gasteiger partial charge in [-0.25, -0.2) is 23.1 Å². The number of nitrogens with one attached hydrogen (secondary N) is 1. The standard InChI is InChI=1S/C21H18N4O3S/c1-14-15(2)24-28-21(14)25-29(26,27)20-6-4-3-5-19(20)17-9-7-16(8-10-17)18-11-22-13-23-12-18/h3-13,25H,1-2H3. The molecule has 146 valence electrons. The minimum atomic E-state index is -3.87. The molecule has 4 rings (SSSR count). The molecule has 0 fully saturated rings. The highest BCUT2D eigenvalue weighted by molar-refractivity contribution is 7.92. The van der Waals surface area contributed by atoms with Gasteiger partial charge in [0.25, 0.3) is 10.0 Å². The van der Waals surface area contributed by atoms with Crippen molar-refractivity contribution < 1.29 is 12.9 Å². The molecule has 8 heteroatoms. The Kier molecular flexibility index (Phi) is 4.85. The highest BCUT2D eigenvalue weighted by Gasteiger charge is 2.22. The molecule has 0 unspecified atom stereocenters. The van der Waals surface area contributed by atoms with E-state index in [4.69, 9.17) is 4.52 Å². The van der Waals surface area contributed by atoms with Gasteiger partial charge in [0.1, 0.15) is 6.33 Å². The van der Waals surface area contributed by atoms with Crippen LogP contribution in [0.2, 0.25) is 0 Å². The molecule has 0 aliphatic carbocycles. The SMILES string of the molecule is Cc1noc(NS(=O)(=O)c2ccccc2-c2ccc(-c3cncnc3)cc2)c1C. The van der Waals surface area contributed by atoms with Gasteiger partial charge in [-0.15, -0.1) is 0 Å². The van der Waals surface area contributed by atoms with Crippen molar-refractivity contribution in [1.29, 1.82) is 0 Å². The predicted octanol–water partition coefficient (Wildman–Crippen LogP) is 4.22. The van der Waals surface area contributed by atoms with Crippen molar-refractivity contribution in [2.24, 2.45) is 0 Å². The van der Waals surface area contributed by atoms with Crippen LogP contribution >= 0.6 is 0 Å². The monoisotopic (exact) mass is 406 g/mol. The van der Waals surface area contributed by atoms with E-state index in [-0.39, 0.29) is 10.8 Å². The fourth-order valence-electron chi connectivity index (χ4n) is 2.92. The first-order chi connectivity index (χ1) is 14.0. The second-order valence-electron chi connectivity index (χ2n) is 6.53. The summed E-state index contributed by atoms with van der Waals surface area (Å²) < 4.78 is 33.7. The fourth-order valence-corrected chi connectivity index (χ4v) is 4.19. The number of hydrogen-bond donors (Lipinski definition) is 1. The Labute approximate surface area is 168 Å². The number of hydrogen-bond acceptors (Lipinski definition) is 6. The Hall–Kier alpha value is -3.52. The molecule has 0 spiro atoms. The van der Waals surface area contributed by atoms with Crippen LogP contribution in [-0.4, -0.2) is 23.5 Å². The molecule has 1 N–H and O–H groups in total. The molecule has 0 amide bonds. The van der Waals surface area contributed by atoms with Gasteiger partial charge >= 0.3 is 0 Å². The summed E-state index contributed by atoms with van der Waals surface area (Å²) >= 11 is 0. The number of rotatable bonds is 5. The van der Waals surface area contributed by atoms with Gasteiger partial charge in [-0.2, -0.15) is 0 Å². The minimum Gasteiger partial charge on any atom is -0.337 e. The van der Waals surface area contributed by atoms with E-state index >= 15 is 0 Å². The van der Waals surface area contributed by atoms with Gasteiger partial charge in [0.2, 0.25) is 5.88 Å². The van der Waals surface area contributed by atoms with Crippen LogP contribution in [0.4, 0.5) is 5.88 Å². The van der Waals surface area contributed by atoms with Crippen LogP contribution in [0, 0.1) is 13.8 Å². The molecule has 0 saturated carbocycles. The maximum Gasteiger partial charge on any atom is 0.264 e. The first-order valence-corrected chi connectivity index (χ1v) is 10.3. The first kappa shape index (κ1) is 18.8. The third-order valence-corrected chi connectivity index (χ3v) is 6.04. The summed E-state index contributed by atoms with van der Waals surface area (Å²) in [6.07, 6.45) is 4.93. The second-order valence-corrected chi connectivity index (χ2v) is 8.18. The summed E-state index contributed by atoms with van der Waals surface area (Å²) in [5.41, 5.74) is 4.48. The Balaban J connectivity index is 1.71. The summed E-state index contributed by atoms with van der Waals surface area (Å²) in [5, 5.41) is 3.80. The number of aryl methyl sites for hydroxylation is 1.